The third-order valence-corrected chi connectivity index (χ3v) is 6.53. The van der Waals surface area contributed by atoms with Gasteiger partial charge in [0, 0.05) is 11.8 Å². The first-order chi connectivity index (χ1) is 15.9. The molecule has 0 radical (unpaired) electrons. The Kier molecular flexibility index (Phi) is 6.51. The van der Waals surface area contributed by atoms with Crippen LogP contribution in [0, 0.1) is 13.8 Å². The van der Waals surface area contributed by atoms with E-state index in [0.29, 0.717) is 27.5 Å². The van der Waals surface area contributed by atoms with E-state index in [1.165, 1.54) is 11.8 Å². The highest BCUT2D eigenvalue weighted by molar-refractivity contribution is 8.00. The van der Waals surface area contributed by atoms with Gasteiger partial charge in [-0.2, -0.15) is 0 Å². The normalized spacial score (nSPS) is 11.9. The number of ether oxygens (including phenoxy) is 1. The average Bonchev–Trinajstić information content (AvgIpc) is 2.81. The van der Waals surface area contributed by atoms with E-state index < -0.39 is 5.25 Å². The fraction of sp³-hybridized carbons (Fsp3) is 0.192. The molecule has 0 aliphatic carbocycles. The van der Waals surface area contributed by atoms with Gasteiger partial charge in [0.1, 0.15) is 5.75 Å². The number of thioether (sulfide) groups is 1. The minimum Gasteiger partial charge on any atom is -0.497 e. The Morgan fingerprint density at radius 2 is 1.82 bits per heavy atom. The lowest BCUT2D eigenvalue weighted by Gasteiger charge is -2.17. The largest absolute Gasteiger partial charge is 0.497 e. The molecule has 0 fully saturated rings. The number of para-hydroxylation sites is 1. The maximum absolute atomic E-state index is 13.5. The van der Waals surface area contributed by atoms with Crippen LogP contribution < -0.4 is 15.6 Å². The van der Waals surface area contributed by atoms with Crippen LogP contribution in [0.15, 0.2) is 76.7 Å². The number of hydrogen-bond acceptors (Lipinski definition) is 5. The van der Waals surface area contributed by atoms with Crippen LogP contribution in [-0.4, -0.2) is 27.8 Å². The minimum atomic E-state index is -0.498. The minimum absolute atomic E-state index is 0.160. The van der Waals surface area contributed by atoms with Gasteiger partial charge in [0.05, 0.1) is 29.0 Å². The molecule has 1 unspecified atom stereocenters. The molecule has 33 heavy (non-hydrogen) atoms. The summed E-state index contributed by atoms with van der Waals surface area (Å²) in [6.45, 7) is 5.84. The number of fused-ring (bicyclic) bond motifs is 1. The monoisotopic (exact) mass is 459 g/mol. The Labute approximate surface area is 196 Å². The number of benzene rings is 3. The van der Waals surface area contributed by atoms with Crippen LogP contribution in [0.3, 0.4) is 0 Å². The van der Waals surface area contributed by atoms with Crippen LogP contribution in [0.2, 0.25) is 0 Å². The molecule has 1 aromatic heterocycles. The number of amides is 1. The molecule has 1 heterocycles. The third kappa shape index (κ3) is 4.78. The zero-order chi connectivity index (χ0) is 23.5. The lowest BCUT2D eigenvalue weighted by Crippen LogP contribution is -2.26. The summed E-state index contributed by atoms with van der Waals surface area (Å²) < 4.78 is 6.82. The number of carbonyl (C=O) groups excluding carboxylic acids is 1. The van der Waals surface area contributed by atoms with Gasteiger partial charge in [-0.25, -0.2) is 4.98 Å². The standard InChI is InChI=1S/C26H25N3O3S/c1-16-12-13-20(14-17(16)2)29-25(31)22-10-5-6-11-23(22)28-26(29)33-18(3)24(30)27-19-8-7-9-21(15-19)32-4/h5-15,18H,1-4H3,(H,27,30). The van der Waals surface area contributed by atoms with Crippen molar-refractivity contribution in [3.8, 4) is 11.4 Å². The Morgan fingerprint density at radius 1 is 1.03 bits per heavy atom. The molecule has 1 atom stereocenters. The zero-order valence-corrected chi connectivity index (χ0v) is 19.8. The number of rotatable bonds is 6. The van der Waals surface area contributed by atoms with Crippen molar-refractivity contribution in [3.63, 3.8) is 0 Å². The van der Waals surface area contributed by atoms with Crippen molar-refractivity contribution >= 4 is 34.3 Å². The Hall–Kier alpha value is -3.58. The predicted molar refractivity (Wildman–Crippen MR) is 134 cm³/mol. The van der Waals surface area contributed by atoms with Crippen LogP contribution in [0.25, 0.3) is 16.6 Å². The van der Waals surface area contributed by atoms with Crippen LogP contribution in [0.1, 0.15) is 18.1 Å². The van der Waals surface area contributed by atoms with Gasteiger partial charge < -0.3 is 10.1 Å². The number of methoxy groups -OCH3 is 1. The molecule has 0 saturated carbocycles. The lowest BCUT2D eigenvalue weighted by molar-refractivity contribution is -0.115. The molecule has 0 aliphatic rings. The molecule has 1 N–H and O–H groups in total. The van der Waals surface area contributed by atoms with E-state index in [1.54, 1.807) is 36.8 Å². The van der Waals surface area contributed by atoms with Gasteiger partial charge in [-0.3, -0.25) is 14.2 Å². The quantitative estimate of drug-likeness (QED) is 0.320. The summed E-state index contributed by atoms with van der Waals surface area (Å²) in [5, 5.41) is 3.41. The van der Waals surface area contributed by atoms with E-state index in [1.807, 2.05) is 62.4 Å². The molecule has 3 aromatic carbocycles. The highest BCUT2D eigenvalue weighted by Gasteiger charge is 2.21. The van der Waals surface area contributed by atoms with Crippen LogP contribution in [0.5, 0.6) is 5.75 Å². The van der Waals surface area contributed by atoms with E-state index in [-0.39, 0.29) is 11.5 Å². The van der Waals surface area contributed by atoms with Crippen molar-refractivity contribution in [1.29, 1.82) is 0 Å². The Bertz CT molecular complexity index is 1400. The van der Waals surface area contributed by atoms with Gasteiger partial charge in [0.15, 0.2) is 5.16 Å². The first-order valence-corrected chi connectivity index (χ1v) is 11.5. The fourth-order valence-electron chi connectivity index (χ4n) is 3.44. The molecule has 0 bridgehead atoms. The van der Waals surface area contributed by atoms with Crippen molar-refractivity contribution in [1.82, 2.24) is 9.55 Å². The van der Waals surface area contributed by atoms with Gasteiger partial charge in [0.2, 0.25) is 5.91 Å². The average molecular weight is 460 g/mol. The summed E-state index contributed by atoms with van der Waals surface area (Å²) in [7, 11) is 1.58. The molecule has 4 aromatic rings. The molecular weight excluding hydrogens is 434 g/mol. The molecule has 4 rings (SSSR count). The molecule has 1 amide bonds. The summed E-state index contributed by atoms with van der Waals surface area (Å²) in [6, 6.07) is 20.3. The number of carbonyl (C=O) groups is 1. The number of nitrogens with zero attached hydrogens (tertiary/aromatic N) is 2. The van der Waals surface area contributed by atoms with Crippen molar-refractivity contribution in [2.45, 2.75) is 31.2 Å². The van der Waals surface area contributed by atoms with Gasteiger partial charge in [-0.05, 0) is 68.3 Å². The molecule has 0 spiro atoms. The van der Waals surface area contributed by atoms with Crippen molar-refractivity contribution < 1.29 is 9.53 Å². The zero-order valence-electron chi connectivity index (χ0n) is 19.0. The maximum Gasteiger partial charge on any atom is 0.266 e. The lowest BCUT2D eigenvalue weighted by atomic mass is 10.1. The van der Waals surface area contributed by atoms with Crippen molar-refractivity contribution in [2.24, 2.45) is 0 Å². The van der Waals surface area contributed by atoms with E-state index in [9.17, 15) is 9.59 Å². The van der Waals surface area contributed by atoms with Gasteiger partial charge in [-0.1, -0.05) is 36.0 Å². The molecule has 7 heteroatoms. The molecule has 0 saturated heterocycles. The predicted octanol–water partition coefficient (Wildman–Crippen LogP) is 5.13. The van der Waals surface area contributed by atoms with Crippen LogP contribution >= 0.6 is 11.8 Å². The Balaban J connectivity index is 1.72. The fourth-order valence-corrected chi connectivity index (χ4v) is 4.37. The van der Waals surface area contributed by atoms with Crippen LogP contribution in [0.4, 0.5) is 5.69 Å². The van der Waals surface area contributed by atoms with Crippen LogP contribution in [-0.2, 0) is 4.79 Å². The second-order valence-corrected chi connectivity index (χ2v) is 9.11. The topological polar surface area (TPSA) is 73.2 Å². The smallest absolute Gasteiger partial charge is 0.266 e. The van der Waals surface area contributed by atoms with Gasteiger partial charge in [0.25, 0.3) is 5.56 Å². The summed E-state index contributed by atoms with van der Waals surface area (Å²) in [5.74, 6) is 0.468. The number of nitrogens with one attached hydrogen (secondary N) is 1. The molecular formula is C26H25N3O3S. The molecule has 0 aliphatic heterocycles. The number of hydrogen-bond donors (Lipinski definition) is 1. The van der Waals surface area contributed by atoms with E-state index >= 15 is 0 Å². The van der Waals surface area contributed by atoms with E-state index in [0.717, 1.165) is 16.8 Å². The van der Waals surface area contributed by atoms with Gasteiger partial charge >= 0.3 is 0 Å². The first kappa shape index (κ1) is 22.6. The number of aromatic nitrogens is 2. The highest BCUT2D eigenvalue weighted by atomic mass is 32.2. The summed E-state index contributed by atoms with van der Waals surface area (Å²) in [5.41, 5.74) is 4.03. The number of anilines is 1. The van der Waals surface area contributed by atoms with Gasteiger partial charge in [-0.15, -0.1) is 0 Å². The first-order valence-electron chi connectivity index (χ1n) is 10.6. The summed E-state index contributed by atoms with van der Waals surface area (Å²) in [6.07, 6.45) is 0. The maximum atomic E-state index is 13.5. The summed E-state index contributed by atoms with van der Waals surface area (Å²) in [4.78, 5) is 31.1. The van der Waals surface area contributed by atoms with Crippen molar-refractivity contribution in [2.75, 3.05) is 12.4 Å². The Morgan fingerprint density at radius 3 is 2.58 bits per heavy atom. The van der Waals surface area contributed by atoms with E-state index in [4.69, 9.17) is 9.72 Å². The molecule has 6 nitrogen and oxygen atoms in total. The number of aryl methyl sites for hydroxylation is 2. The van der Waals surface area contributed by atoms with E-state index in [2.05, 4.69) is 5.32 Å². The second kappa shape index (κ2) is 9.50. The second-order valence-electron chi connectivity index (χ2n) is 7.80. The van der Waals surface area contributed by atoms with Crippen molar-refractivity contribution in [3.05, 3.63) is 88.2 Å². The SMILES string of the molecule is COc1cccc(NC(=O)C(C)Sc2nc3ccccc3c(=O)n2-c2ccc(C)c(C)c2)c1. The highest BCUT2D eigenvalue weighted by Crippen LogP contribution is 2.27. The summed E-state index contributed by atoms with van der Waals surface area (Å²) >= 11 is 1.25. The molecule has 168 valence electrons. The third-order valence-electron chi connectivity index (χ3n) is 5.48.